The summed E-state index contributed by atoms with van der Waals surface area (Å²) in [6.07, 6.45) is 1.45. The molecule has 0 saturated heterocycles. The van der Waals surface area contributed by atoms with Crippen molar-refractivity contribution >= 4 is 11.6 Å². The molecule has 0 heterocycles. The van der Waals surface area contributed by atoms with Crippen LogP contribution in [0.15, 0.2) is 18.2 Å². The van der Waals surface area contributed by atoms with Gasteiger partial charge in [0.25, 0.3) is 0 Å². The number of nitrogen functional groups attached to an aromatic ring is 1. The zero-order chi connectivity index (χ0) is 11.4. The van der Waals surface area contributed by atoms with Crippen molar-refractivity contribution in [2.24, 2.45) is 5.73 Å². The molecular formula is C11H15FN2O. The van der Waals surface area contributed by atoms with Crippen molar-refractivity contribution in [3.8, 4) is 0 Å². The van der Waals surface area contributed by atoms with E-state index in [0.29, 0.717) is 12.0 Å². The van der Waals surface area contributed by atoms with Crippen LogP contribution in [0, 0.1) is 5.82 Å². The fourth-order valence-electron chi connectivity index (χ4n) is 1.60. The molecule has 0 aliphatic rings. The number of amides is 1. The molecule has 0 aromatic heterocycles. The highest BCUT2D eigenvalue weighted by atomic mass is 19.1. The minimum absolute atomic E-state index is 0.284. The zero-order valence-corrected chi connectivity index (χ0v) is 8.66. The minimum atomic E-state index is -0.421. The number of carbonyl (C=O) groups excluding carboxylic acids is 1. The molecular weight excluding hydrogens is 195 g/mol. The van der Waals surface area contributed by atoms with E-state index in [4.69, 9.17) is 11.5 Å². The number of nitrogens with two attached hydrogens (primary N) is 2. The van der Waals surface area contributed by atoms with Crippen molar-refractivity contribution in [3.63, 3.8) is 0 Å². The Labute approximate surface area is 88.3 Å². The lowest BCUT2D eigenvalue weighted by Crippen LogP contribution is -2.22. The van der Waals surface area contributed by atoms with Crippen molar-refractivity contribution < 1.29 is 9.18 Å². The molecule has 0 fully saturated rings. The van der Waals surface area contributed by atoms with Crippen LogP contribution in [0.1, 0.15) is 31.2 Å². The first-order valence-corrected chi connectivity index (χ1v) is 4.90. The number of primary amides is 1. The monoisotopic (exact) mass is 210 g/mol. The summed E-state index contributed by atoms with van der Waals surface area (Å²) < 4.78 is 12.8. The first kappa shape index (κ1) is 11.5. The molecule has 1 aromatic carbocycles. The van der Waals surface area contributed by atoms with E-state index in [2.05, 4.69) is 0 Å². The molecule has 3 nitrogen and oxygen atoms in total. The van der Waals surface area contributed by atoms with E-state index < -0.39 is 17.6 Å². The summed E-state index contributed by atoms with van der Waals surface area (Å²) in [5, 5.41) is 0. The van der Waals surface area contributed by atoms with Crippen LogP contribution in [0.2, 0.25) is 0 Å². The second-order valence-electron chi connectivity index (χ2n) is 3.52. The van der Waals surface area contributed by atoms with Gasteiger partial charge in [-0.1, -0.05) is 19.4 Å². The SMILES string of the molecule is CCCC(C(N)=O)c1ccc(F)cc1N. The summed E-state index contributed by atoms with van der Waals surface area (Å²) in [4.78, 5) is 11.2. The molecule has 1 amide bonds. The third-order valence-corrected chi connectivity index (χ3v) is 2.35. The van der Waals surface area contributed by atoms with E-state index in [9.17, 15) is 9.18 Å². The maximum atomic E-state index is 12.8. The molecule has 82 valence electrons. The number of halogens is 1. The molecule has 15 heavy (non-hydrogen) atoms. The van der Waals surface area contributed by atoms with Gasteiger partial charge >= 0.3 is 0 Å². The van der Waals surface area contributed by atoms with E-state index in [-0.39, 0.29) is 5.69 Å². The highest BCUT2D eigenvalue weighted by Crippen LogP contribution is 2.26. The van der Waals surface area contributed by atoms with Crippen LogP contribution in [0.3, 0.4) is 0 Å². The molecule has 1 atom stereocenters. The van der Waals surface area contributed by atoms with Crippen LogP contribution in [0.4, 0.5) is 10.1 Å². The molecule has 0 aliphatic carbocycles. The Morgan fingerprint density at radius 1 is 1.53 bits per heavy atom. The van der Waals surface area contributed by atoms with Crippen LogP contribution < -0.4 is 11.5 Å². The summed E-state index contributed by atoms with van der Waals surface area (Å²) in [6.45, 7) is 1.95. The molecule has 4 heteroatoms. The first-order valence-electron chi connectivity index (χ1n) is 4.90. The average Bonchev–Trinajstić information content (AvgIpc) is 2.15. The second kappa shape index (κ2) is 4.77. The van der Waals surface area contributed by atoms with Crippen molar-refractivity contribution in [3.05, 3.63) is 29.6 Å². The largest absolute Gasteiger partial charge is 0.398 e. The lowest BCUT2D eigenvalue weighted by molar-refractivity contribution is -0.119. The lowest BCUT2D eigenvalue weighted by Gasteiger charge is -2.14. The van der Waals surface area contributed by atoms with Gasteiger partial charge in [-0.15, -0.1) is 0 Å². The third-order valence-electron chi connectivity index (χ3n) is 2.35. The van der Waals surface area contributed by atoms with E-state index in [1.165, 1.54) is 18.2 Å². The summed E-state index contributed by atoms with van der Waals surface area (Å²) in [5.74, 6) is -1.25. The maximum absolute atomic E-state index is 12.8. The van der Waals surface area contributed by atoms with E-state index in [1.54, 1.807) is 0 Å². The first-order chi connectivity index (χ1) is 7.06. The smallest absolute Gasteiger partial charge is 0.225 e. The lowest BCUT2D eigenvalue weighted by atomic mass is 9.92. The quantitative estimate of drug-likeness (QED) is 0.744. The molecule has 1 rings (SSSR count). The molecule has 1 unspecified atom stereocenters. The summed E-state index contributed by atoms with van der Waals surface area (Å²) in [7, 11) is 0. The van der Waals surface area contributed by atoms with E-state index in [0.717, 1.165) is 6.42 Å². The van der Waals surface area contributed by atoms with Gasteiger partial charge in [-0.25, -0.2) is 4.39 Å². The molecule has 0 spiro atoms. The topological polar surface area (TPSA) is 69.1 Å². The Bertz CT molecular complexity index is 366. The number of benzene rings is 1. The van der Waals surface area contributed by atoms with Crippen LogP contribution in [-0.2, 0) is 4.79 Å². The molecule has 0 radical (unpaired) electrons. The summed E-state index contributed by atoms with van der Waals surface area (Å²) >= 11 is 0. The Morgan fingerprint density at radius 3 is 2.67 bits per heavy atom. The molecule has 0 aliphatic heterocycles. The Hall–Kier alpha value is -1.58. The maximum Gasteiger partial charge on any atom is 0.225 e. The molecule has 0 saturated carbocycles. The standard InChI is InChI=1S/C11H15FN2O/c1-2-3-9(11(14)15)8-5-4-7(12)6-10(8)13/h4-6,9H,2-3,13H2,1H3,(H2,14,15). The van der Waals surface area contributed by atoms with Crippen LogP contribution in [-0.4, -0.2) is 5.91 Å². The Kier molecular flexibility index (Phi) is 3.66. The van der Waals surface area contributed by atoms with Crippen LogP contribution in [0.5, 0.6) is 0 Å². The number of hydrogen-bond acceptors (Lipinski definition) is 2. The molecule has 4 N–H and O–H groups in total. The van der Waals surface area contributed by atoms with Crippen LogP contribution >= 0.6 is 0 Å². The number of anilines is 1. The van der Waals surface area contributed by atoms with Gasteiger partial charge in [0.1, 0.15) is 5.82 Å². The normalized spacial score (nSPS) is 12.4. The van der Waals surface area contributed by atoms with E-state index in [1.807, 2.05) is 6.92 Å². The summed E-state index contributed by atoms with van der Waals surface area (Å²) in [6, 6.07) is 4.02. The van der Waals surface area contributed by atoms with Crippen molar-refractivity contribution in [2.45, 2.75) is 25.7 Å². The van der Waals surface area contributed by atoms with Gasteiger partial charge < -0.3 is 11.5 Å². The summed E-state index contributed by atoms with van der Waals surface area (Å²) in [5.41, 5.74) is 11.8. The number of rotatable bonds is 4. The third kappa shape index (κ3) is 2.68. The van der Waals surface area contributed by atoms with E-state index >= 15 is 0 Å². The fourth-order valence-corrected chi connectivity index (χ4v) is 1.60. The van der Waals surface area contributed by atoms with Gasteiger partial charge in [-0.3, -0.25) is 4.79 Å². The highest BCUT2D eigenvalue weighted by molar-refractivity contribution is 5.83. The number of carbonyl (C=O) groups is 1. The van der Waals surface area contributed by atoms with Gasteiger partial charge in [0.2, 0.25) is 5.91 Å². The fraction of sp³-hybridized carbons (Fsp3) is 0.364. The van der Waals surface area contributed by atoms with Gasteiger partial charge in [0.05, 0.1) is 5.92 Å². The van der Waals surface area contributed by atoms with Gasteiger partial charge in [-0.2, -0.15) is 0 Å². The predicted molar refractivity (Wildman–Crippen MR) is 57.7 cm³/mol. The molecule has 1 aromatic rings. The Balaban J connectivity index is 3.05. The van der Waals surface area contributed by atoms with Crippen molar-refractivity contribution in [1.82, 2.24) is 0 Å². The molecule has 0 bridgehead atoms. The van der Waals surface area contributed by atoms with Gasteiger partial charge in [0, 0.05) is 5.69 Å². The van der Waals surface area contributed by atoms with Crippen molar-refractivity contribution in [1.29, 1.82) is 0 Å². The van der Waals surface area contributed by atoms with Gasteiger partial charge in [0.15, 0.2) is 0 Å². The minimum Gasteiger partial charge on any atom is -0.398 e. The van der Waals surface area contributed by atoms with Gasteiger partial charge in [-0.05, 0) is 24.1 Å². The average molecular weight is 210 g/mol. The second-order valence-corrected chi connectivity index (χ2v) is 3.52. The van der Waals surface area contributed by atoms with Crippen molar-refractivity contribution in [2.75, 3.05) is 5.73 Å². The highest BCUT2D eigenvalue weighted by Gasteiger charge is 2.19. The number of hydrogen-bond donors (Lipinski definition) is 2. The zero-order valence-electron chi connectivity index (χ0n) is 8.66. The van der Waals surface area contributed by atoms with Crippen LogP contribution in [0.25, 0.3) is 0 Å². The predicted octanol–water partition coefficient (Wildman–Crippen LogP) is 1.78. The Morgan fingerprint density at radius 2 is 2.20 bits per heavy atom.